The van der Waals surface area contributed by atoms with Gasteiger partial charge < -0.3 is 15.0 Å². The van der Waals surface area contributed by atoms with E-state index >= 15 is 0 Å². The highest BCUT2D eigenvalue weighted by atomic mass is 15.2. The normalized spacial score (nSPS) is 12.9. The SMILES string of the molecule is CCC(C)CN(C)c1nc2ccccn2c1CN. The lowest BCUT2D eigenvalue weighted by molar-refractivity contribution is 0.557. The second-order valence-electron chi connectivity index (χ2n) is 4.91. The summed E-state index contributed by atoms with van der Waals surface area (Å²) in [5.74, 6) is 1.66. The van der Waals surface area contributed by atoms with Gasteiger partial charge in [0.2, 0.25) is 0 Å². The molecule has 0 saturated carbocycles. The summed E-state index contributed by atoms with van der Waals surface area (Å²) in [5.41, 5.74) is 7.92. The lowest BCUT2D eigenvalue weighted by Crippen LogP contribution is -2.25. The average Bonchev–Trinajstić information content (AvgIpc) is 2.77. The van der Waals surface area contributed by atoms with E-state index in [9.17, 15) is 0 Å². The lowest BCUT2D eigenvalue weighted by Gasteiger charge is -2.21. The minimum atomic E-state index is 0.505. The molecule has 2 N–H and O–H groups in total. The van der Waals surface area contributed by atoms with Crippen LogP contribution >= 0.6 is 0 Å². The van der Waals surface area contributed by atoms with Crippen molar-refractivity contribution >= 4 is 11.5 Å². The predicted molar refractivity (Wildman–Crippen MR) is 75.8 cm³/mol. The van der Waals surface area contributed by atoms with E-state index in [-0.39, 0.29) is 0 Å². The van der Waals surface area contributed by atoms with Crippen molar-refractivity contribution in [1.82, 2.24) is 9.38 Å². The van der Waals surface area contributed by atoms with E-state index in [4.69, 9.17) is 5.73 Å². The molecule has 0 aliphatic heterocycles. The Labute approximate surface area is 108 Å². The number of rotatable bonds is 5. The van der Waals surface area contributed by atoms with Gasteiger partial charge in [-0.15, -0.1) is 0 Å². The fourth-order valence-electron chi connectivity index (χ4n) is 2.21. The van der Waals surface area contributed by atoms with Crippen molar-refractivity contribution < 1.29 is 0 Å². The molecule has 18 heavy (non-hydrogen) atoms. The third kappa shape index (κ3) is 2.34. The second-order valence-corrected chi connectivity index (χ2v) is 4.91. The quantitative estimate of drug-likeness (QED) is 0.880. The molecule has 2 rings (SSSR count). The van der Waals surface area contributed by atoms with Crippen molar-refractivity contribution in [3.63, 3.8) is 0 Å². The van der Waals surface area contributed by atoms with Crippen LogP contribution in [-0.2, 0) is 6.54 Å². The smallest absolute Gasteiger partial charge is 0.152 e. The van der Waals surface area contributed by atoms with Crippen LogP contribution in [0.1, 0.15) is 26.0 Å². The number of nitrogens with zero attached hydrogens (tertiary/aromatic N) is 3. The van der Waals surface area contributed by atoms with E-state index in [1.54, 1.807) is 0 Å². The van der Waals surface area contributed by atoms with Gasteiger partial charge in [-0.2, -0.15) is 0 Å². The van der Waals surface area contributed by atoms with Gasteiger partial charge in [-0.05, 0) is 18.1 Å². The zero-order valence-electron chi connectivity index (χ0n) is 11.4. The maximum atomic E-state index is 5.87. The minimum Gasteiger partial charge on any atom is -0.358 e. The van der Waals surface area contributed by atoms with Gasteiger partial charge >= 0.3 is 0 Å². The molecule has 0 spiro atoms. The van der Waals surface area contributed by atoms with Crippen LogP contribution in [0.3, 0.4) is 0 Å². The summed E-state index contributed by atoms with van der Waals surface area (Å²) in [6, 6.07) is 6.02. The summed E-state index contributed by atoms with van der Waals surface area (Å²) >= 11 is 0. The molecule has 0 radical (unpaired) electrons. The first kappa shape index (κ1) is 12.9. The fraction of sp³-hybridized carbons (Fsp3) is 0.500. The van der Waals surface area contributed by atoms with Crippen molar-refractivity contribution in [2.24, 2.45) is 11.7 Å². The number of imidazole rings is 1. The Morgan fingerprint density at radius 3 is 2.89 bits per heavy atom. The molecule has 1 unspecified atom stereocenters. The monoisotopic (exact) mass is 246 g/mol. The highest BCUT2D eigenvalue weighted by molar-refractivity contribution is 5.55. The van der Waals surface area contributed by atoms with Gasteiger partial charge in [0, 0.05) is 26.3 Å². The summed E-state index contributed by atoms with van der Waals surface area (Å²) in [5, 5.41) is 0. The Balaban J connectivity index is 2.37. The number of hydrogen-bond donors (Lipinski definition) is 1. The van der Waals surface area contributed by atoms with Crippen LogP contribution in [-0.4, -0.2) is 23.0 Å². The van der Waals surface area contributed by atoms with Gasteiger partial charge in [0.05, 0.1) is 5.69 Å². The first-order chi connectivity index (χ1) is 8.67. The summed E-state index contributed by atoms with van der Waals surface area (Å²) in [6.07, 6.45) is 3.20. The van der Waals surface area contributed by atoms with E-state index in [2.05, 4.69) is 35.2 Å². The molecular formula is C14H22N4. The van der Waals surface area contributed by atoms with Gasteiger partial charge in [-0.3, -0.25) is 0 Å². The van der Waals surface area contributed by atoms with E-state index in [1.165, 1.54) is 6.42 Å². The number of anilines is 1. The first-order valence-corrected chi connectivity index (χ1v) is 6.54. The van der Waals surface area contributed by atoms with Crippen LogP contribution in [0.4, 0.5) is 5.82 Å². The molecule has 0 bridgehead atoms. The molecule has 98 valence electrons. The maximum Gasteiger partial charge on any atom is 0.152 e. The zero-order chi connectivity index (χ0) is 13.1. The van der Waals surface area contributed by atoms with Crippen LogP contribution in [0.25, 0.3) is 5.65 Å². The number of nitrogens with two attached hydrogens (primary N) is 1. The van der Waals surface area contributed by atoms with Crippen molar-refractivity contribution in [3.8, 4) is 0 Å². The van der Waals surface area contributed by atoms with Gasteiger partial charge in [0.1, 0.15) is 5.65 Å². The van der Waals surface area contributed by atoms with Crippen molar-refractivity contribution in [1.29, 1.82) is 0 Å². The molecule has 0 saturated heterocycles. The molecular weight excluding hydrogens is 224 g/mol. The Morgan fingerprint density at radius 2 is 2.22 bits per heavy atom. The largest absolute Gasteiger partial charge is 0.358 e. The minimum absolute atomic E-state index is 0.505. The molecule has 2 aromatic rings. The standard InChI is InChI=1S/C14H22N4/c1-4-11(2)10-17(3)14-12(9-15)18-8-6-5-7-13(18)16-14/h5-8,11H,4,9-10,15H2,1-3H3. The molecule has 1 atom stereocenters. The highest BCUT2D eigenvalue weighted by Gasteiger charge is 2.15. The van der Waals surface area contributed by atoms with Crippen molar-refractivity contribution in [3.05, 3.63) is 30.1 Å². The molecule has 0 fully saturated rings. The molecule has 0 amide bonds. The molecule has 0 aromatic carbocycles. The van der Waals surface area contributed by atoms with Crippen LogP contribution in [0.15, 0.2) is 24.4 Å². The molecule has 0 aliphatic rings. The Hall–Kier alpha value is -1.55. The Kier molecular flexibility index (Phi) is 3.87. The van der Waals surface area contributed by atoms with Crippen LogP contribution < -0.4 is 10.6 Å². The van der Waals surface area contributed by atoms with Crippen LogP contribution in [0.2, 0.25) is 0 Å². The third-order valence-corrected chi connectivity index (χ3v) is 3.45. The lowest BCUT2D eigenvalue weighted by atomic mass is 10.1. The zero-order valence-corrected chi connectivity index (χ0v) is 11.4. The first-order valence-electron chi connectivity index (χ1n) is 6.54. The van der Waals surface area contributed by atoms with E-state index in [1.807, 2.05) is 24.4 Å². The molecule has 2 aromatic heterocycles. The molecule has 4 heteroatoms. The topological polar surface area (TPSA) is 46.6 Å². The van der Waals surface area contributed by atoms with Crippen LogP contribution in [0.5, 0.6) is 0 Å². The van der Waals surface area contributed by atoms with Crippen molar-refractivity contribution in [2.45, 2.75) is 26.8 Å². The predicted octanol–water partition coefficient (Wildman–Crippen LogP) is 2.28. The molecule has 4 nitrogen and oxygen atoms in total. The van der Waals surface area contributed by atoms with Gasteiger partial charge in [-0.25, -0.2) is 4.98 Å². The number of pyridine rings is 1. The van der Waals surface area contributed by atoms with Crippen LogP contribution in [0, 0.1) is 5.92 Å². The summed E-state index contributed by atoms with van der Waals surface area (Å²) in [6.45, 7) is 5.99. The number of aromatic nitrogens is 2. The highest BCUT2D eigenvalue weighted by Crippen LogP contribution is 2.21. The average molecular weight is 246 g/mol. The Morgan fingerprint density at radius 1 is 1.44 bits per heavy atom. The number of hydrogen-bond acceptors (Lipinski definition) is 3. The maximum absolute atomic E-state index is 5.87. The van der Waals surface area contributed by atoms with Gasteiger partial charge in [0.25, 0.3) is 0 Å². The van der Waals surface area contributed by atoms with Crippen molar-refractivity contribution in [2.75, 3.05) is 18.5 Å². The molecule has 2 heterocycles. The Bertz CT molecular complexity index is 517. The van der Waals surface area contributed by atoms with E-state index in [0.717, 1.165) is 23.7 Å². The van der Waals surface area contributed by atoms with Gasteiger partial charge in [0.15, 0.2) is 5.82 Å². The summed E-state index contributed by atoms with van der Waals surface area (Å²) < 4.78 is 2.07. The fourth-order valence-corrected chi connectivity index (χ4v) is 2.21. The summed E-state index contributed by atoms with van der Waals surface area (Å²) in [4.78, 5) is 6.89. The van der Waals surface area contributed by atoms with E-state index in [0.29, 0.717) is 12.5 Å². The van der Waals surface area contributed by atoms with Gasteiger partial charge in [-0.1, -0.05) is 26.3 Å². The number of fused-ring (bicyclic) bond motifs is 1. The third-order valence-electron chi connectivity index (χ3n) is 3.45. The second kappa shape index (κ2) is 5.40. The summed E-state index contributed by atoms with van der Waals surface area (Å²) in [7, 11) is 2.09. The van der Waals surface area contributed by atoms with E-state index < -0.39 is 0 Å². The molecule has 0 aliphatic carbocycles.